The van der Waals surface area contributed by atoms with E-state index in [1.54, 1.807) is 0 Å². The van der Waals surface area contributed by atoms with Gasteiger partial charge in [0.2, 0.25) is 11.8 Å². The number of carbonyl (C=O) groups is 2. The van der Waals surface area contributed by atoms with Crippen molar-refractivity contribution in [2.75, 3.05) is 6.54 Å². The van der Waals surface area contributed by atoms with Crippen LogP contribution in [0.3, 0.4) is 0 Å². The van der Waals surface area contributed by atoms with E-state index >= 15 is 0 Å². The van der Waals surface area contributed by atoms with E-state index in [1.165, 1.54) is 5.56 Å². The van der Waals surface area contributed by atoms with Gasteiger partial charge in [0.1, 0.15) is 12.4 Å². The molecule has 1 N–H and O–H groups in total. The Labute approximate surface area is 251 Å². The lowest BCUT2D eigenvalue weighted by molar-refractivity contribution is -0.136. The number of hydrogen-bond acceptors (Lipinski definition) is 3. The monoisotopic (exact) mass is 566 g/mol. The quantitative estimate of drug-likeness (QED) is 0.155. The van der Waals surface area contributed by atoms with Crippen molar-refractivity contribution in [3.63, 3.8) is 0 Å². The fraction of sp³-hybridized carbons (Fsp3) is 0.417. The van der Waals surface area contributed by atoms with E-state index in [2.05, 4.69) is 72.8 Å². The molecule has 0 saturated heterocycles. The van der Waals surface area contributed by atoms with Gasteiger partial charge >= 0.3 is 0 Å². The molecule has 2 atom stereocenters. The van der Waals surface area contributed by atoms with E-state index in [-0.39, 0.29) is 23.9 Å². The topological polar surface area (TPSA) is 67.2 Å². The van der Waals surface area contributed by atoms with E-state index in [0.29, 0.717) is 19.5 Å². The van der Waals surface area contributed by atoms with Crippen LogP contribution in [-0.4, -0.2) is 44.9 Å². The van der Waals surface area contributed by atoms with Crippen molar-refractivity contribution in [2.24, 2.45) is 0 Å². The third-order valence-corrected chi connectivity index (χ3v) is 8.27. The smallest absolute Gasteiger partial charge is 0.243 e. The average molecular weight is 567 g/mol. The largest absolute Gasteiger partial charge is 0.356 e. The second-order valence-electron chi connectivity index (χ2n) is 11.3. The highest BCUT2D eigenvalue weighted by Crippen LogP contribution is 2.21. The minimum Gasteiger partial charge on any atom is -0.356 e. The summed E-state index contributed by atoms with van der Waals surface area (Å²) in [5, 5.41) is 3.07. The number of amides is 2. The molecular formula is C36H46N4O2. The van der Waals surface area contributed by atoms with E-state index in [0.717, 1.165) is 66.5 Å². The van der Waals surface area contributed by atoms with Gasteiger partial charge in [0.15, 0.2) is 0 Å². The van der Waals surface area contributed by atoms with E-state index in [1.807, 2.05) is 48.5 Å². The number of hydrogen-bond donors (Lipinski definition) is 1. The Kier molecular flexibility index (Phi) is 11.3. The molecule has 0 bridgehead atoms. The second-order valence-corrected chi connectivity index (χ2v) is 11.3. The Hall–Kier alpha value is -3.93. The molecule has 1 aromatic heterocycles. The molecule has 4 rings (SSSR count). The number of imidazole rings is 1. The summed E-state index contributed by atoms with van der Waals surface area (Å²) in [7, 11) is 0. The number of unbranched alkanes of at least 4 members (excludes halogenated alkanes) is 2. The van der Waals surface area contributed by atoms with Crippen LogP contribution in [0.25, 0.3) is 22.2 Å². The predicted octanol–water partition coefficient (Wildman–Crippen LogP) is 7.20. The molecule has 2 unspecified atom stereocenters. The molecule has 0 aliphatic rings. The predicted molar refractivity (Wildman–Crippen MR) is 172 cm³/mol. The molecule has 4 aromatic rings. The number of nitrogens with zero attached hydrogens (tertiary/aromatic N) is 3. The first-order chi connectivity index (χ1) is 20.4. The molecule has 0 spiro atoms. The third-order valence-electron chi connectivity index (χ3n) is 8.27. The summed E-state index contributed by atoms with van der Waals surface area (Å²) in [6, 6.07) is 27.0. The van der Waals surface area contributed by atoms with Gasteiger partial charge in [0, 0.05) is 25.0 Å². The molecule has 6 heteroatoms. The highest BCUT2D eigenvalue weighted by atomic mass is 16.2. The summed E-state index contributed by atoms with van der Waals surface area (Å²) in [5.41, 5.74) is 5.29. The lowest BCUT2D eigenvalue weighted by Gasteiger charge is -2.34. The first-order valence-corrected chi connectivity index (χ1v) is 15.6. The maximum Gasteiger partial charge on any atom is 0.243 e. The van der Waals surface area contributed by atoms with Crippen molar-refractivity contribution in [1.29, 1.82) is 0 Å². The number of nitrogens with one attached hydrogen (secondary N) is 1. The summed E-state index contributed by atoms with van der Waals surface area (Å²) in [6.45, 7) is 9.52. The van der Waals surface area contributed by atoms with Gasteiger partial charge < -0.3 is 14.8 Å². The second kappa shape index (κ2) is 15.3. The maximum absolute atomic E-state index is 13.5. The molecule has 0 fully saturated rings. The van der Waals surface area contributed by atoms with Crippen LogP contribution in [0.4, 0.5) is 0 Å². The number of aryl methyl sites for hydroxylation is 1. The van der Waals surface area contributed by atoms with E-state index < -0.39 is 0 Å². The van der Waals surface area contributed by atoms with Crippen LogP contribution in [0, 0.1) is 0 Å². The number of benzene rings is 3. The van der Waals surface area contributed by atoms with Crippen molar-refractivity contribution >= 4 is 22.8 Å². The van der Waals surface area contributed by atoms with Crippen LogP contribution in [0.5, 0.6) is 0 Å². The van der Waals surface area contributed by atoms with Crippen LogP contribution in [-0.2, 0) is 29.0 Å². The molecule has 6 nitrogen and oxygen atoms in total. The molecule has 1 heterocycles. The van der Waals surface area contributed by atoms with Gasteiger partial charge in [-0.1, -0.05) is 87.0 Å². The molecule has 3 aromatic carbocycles. The van der Waals surface area contributed by atoms with Crippen molar-refractivity contribution < 1.29 is 9.59 Å². The molecule has 2 amide bonds. The third kappa shape index (κ3) is 8.09. The summed E-state index contributed by atoms with van der Waals surface area (Å²) >= 11 is 0. The molecule has 0 aliphatic carbocycles. The number of rotatable bonds is 15. The van der Waals surface area contributed by atoms with E-state index in [9.17, 15) is 9.59 Å². The highest BCUT2D eigenvalue weighted by molar-refractivity contribution is 5.81. The van der Waals surface area contributed by atoms with Gasteiger partial charge in [-0.2, -0.15) is 0 Å². The Bertz CT molecular complexity index is 1420. The SMILES string of the molecule is CCC(C)N(C(=O)Cn1c(CCCCCNC(=O)Cc2ccc(-c3ccccc3)cc2)nc2ccccc21)C(C)CC. The molecule has 0 radical (unpaired) electrons. The van der Waals surface area contributed by atoms with Gasteiger partial charge in [-0.05, 0) is 68.4 Å². The lowest BCUT2D eigenvalue weighted by Crippen LogP contribution is -2.45. The standard InChI is InChI=1S/C36H46N4O2/c1-5-27(3)40(28(4)6-2)36(42)26-39-33-18-13-12-17-32(33)38-34(39)19-11-8-14-24-37-35(41)25-29-20-22-31(23-21-29)30-15-9-7-10-16-30/h7,9-10,12-13,15-18,20-23,27-28H,5-6,8,11,14,19,24-26H2,1-4H3,(H,37,41). The summed E-state index contributed by atoms with van der Waals surface area (Å²) in [4.78, 5) is 33.0. The number of aromatic nitrogens is 2. The molecule has 0 aliphatic heterocycles. The minimum absolute atomic E-state index is 0.0509. The van der Waals surface area contributed by atoms with Crippen LogP contribution in [0.15, 0.2) is 78.9 Å². The van der Waals surface area contributed by atoms with Gasteiger partial charge in [-0.15, -0.1) is 0 Å². The summed E-state index contributed by atoms with van der Waals surface area (Å²) < 4.78 is 2.11. The Morgan fingerprint density at radius 2 is 1.45 bits per heavy atom. The fourth-order valence-corrected chi connectivity index (χ4v) is 5.54. The van der Waals surface area contributed by atoms with Gasteiger partial charge in [-0.25, -0.2) is 4.98 Å². The fourth-order valence-electron chi connectivity index (χ4n) is 5.54. The van der Waals surface area contributed by atoms with Gasteiger partial charge in [0.05, 0.1) is 17.5 Å². The Balaban J connectivity index is 1.26. The first kappa shape index (κ1) is 31.0. The number of fused-ring (bicyclic) bond motifs is 1. The van der Waals surface area contributed by atoms with Crippen molar-refractivity contribution in [3.8, 4) is 11.1 Å². The summed E-state index contributed by atoms with van der Waals surface area (Å²) in [5.74, 6) is 1.16. The molecule has 42 heavy (non-hydrogen) atoms. The summed E-state index contributed by atoms with van der Waals surface area (Å²) in [6.07, 6.45) is 5.90. The van der Waals surface area contributed by atoms with Crippen LogP contribution in [0.1, 0.15) is 71.2 Å². The zero-order valence-electron chi connectivity index (χ0n) is 25.7. The van der Waals surface area contributed by atoms with Crippen molar-refractivity contribution in [2.45, 2.75) is 91.3 Å². The molecule has 0 saturated carbocycles. The normalized spacial score (nSPS) is 12.7. The number of para-hydroxylation sites is 2. The zero-order chi connectivity index (χ0) is 29.9. The Morgan fingerprint density at radius 1 is 0.810 bits per heavy atom. The molecule has 222 valence electrons. The minimum atomic E-state index is 0.0509. The highest BCUT2D eigenvalue weighted by Gasteiger charge is 2.25. The van der Waals surface area contributed by atoms with Crippen molar-refractivity contribution in [1.82, 2.24) is 19.8 Å². The average Bonchev–Trinajstić information content (AvgIpc) is 3.36. The van der Waals surface area contributed by atoms with Gasteiger partial charge in [0.25, 0.3) is 0 Å². The van der Waals surface area contributed by atoms with Crippen molar-refractivity contribution in [3.05, 3.63) is 90.3 Å². The lowest BCUT2D eigenvalue weighted by atomic mass is 10.0. The van der Waals surface area contributed by atoms with Gasteiger partial charge in [-0.3, -0.25) is 9.59 Å². The van der Waals surface area contributed by atoms with Crippen LogP contribution < -0.4 is 5.32 Å². The van der Waals surface area contributed by atoms with E-state index in [4.69, 9.17) is 4.98 Å². The first-order valence-electron chi connectivity index (χ1n) is 15.6. The Morgan fingerprint density at radius 3 is 2.14 bits per heavy atom. The van der Waals surface area contributed by atoms with Crippen LogP contribution in [0.2, 0.25) is 0 Å². The zero-order valence-corrected chi connectivity index (χ0v) is 25.7. The van der Waals surface area contributed by atoms with Crippen LogP contribution >= 0.6 is 0 Å². The number of carbonyl (C=O) groups excluding carboxylic acids is 2. The maximum atomic E-state index is 13.5. The molecular weight excluding hydrogens is 520 g/mol.